The number of rotatable bonds is 3. The molecule has 1 aliphatic rings. The minimum absolute atomic E-state index is 0.233. The Kier molecular flexibility index (Phi) is 3.43. The van der Waals surface area contributed by atoms with E-state index in [4.69, 9.17) is 0 Å². The second kappa shape index (κ2) is 5.23. The van der Waals surface area contributed by atoms with Gasteiger partial charge in [0.05, 0.1) is 17.2 Å². The topological polar surface area (TPSA) is 34.9 Å². The minimum Gasteiger partial charge on any atom is -0.293 e. The van der Waals surface area contributed by atoms with Gasteiger partial charge in [0.1, 0.15) is 0 Å². The van der Waals surface area contributed by atoms with E-state index < -0.39 is 0 Å². The number of benzene rings is 1. The largest absolute Gasteiger partial charge is 0.293 e. The highest BCUT2D eigenvalue weighted by Crippen LogP contribution is 2.41. The lowest BCUT2D eigenvalue weighted by Gasteiger charge is -2.36. The molecule has 0 saturated heterocycles. The molecule has 3 rings (SSSR count). The molecule has 0 radical (unpaired) electrons. The van der Waals surface area contributed by atoms with Crippen LogP contribution in [-0.4, -0.2) is 15.6 Å². The van der Waals surface area contributed by atoms with E-state index in [2.05, 4.69) is 17.2 Å². The van der Waals surface area contributed by atoms with Crippen LogP contribution in [-0.2, 0) is 12.5 Å². The zero-order chi connectivity index (χ0) is 14.0. The van der Waals surface area contributed by atoms with Crippen LogP contribution in [0.1, 0.15) is 48.0 Å². The first kappa shape index (κ1) is 13.1. The van der Waals surface area contributed by atoms with Crippen LogP contribution in [0.25, 0.3) is 0 Å². The summed E-state index contributed by atoms with van der Waals surface area (Å²) < 4.78 is 1.70. The minimum atomic E-state index is -0.345. The number of hydrogen-bond donors (Lipinski definition) is 0. The van der Waals surface area contributed by atoms with Crippen molar-refractivity contribution in [2.75, 3.05) is 0 Å². The van der Waals surface area contributed by atoms with Gasteiger partial charge in [0.2, 0.25) is 0 Å². The Labute approximate surface area is 119 Å². The van der Waals surface area contributed by atoms with Crippen LogP contribution in [0.4, 0.5) is 0 Å². The Balaban J connectivity index is 2.04. The average molecular weight is 268 g/mol. The van der Waals surface area contributed by atoms with E-state index in [1.807, 2.05) is 31.4 Å². The molecule has 0 N–H and O–H groups in total. The van der Waals surface area contributed by atoms with Gasteiger partial charge in [-0.25, -0.2) is 0 Å². The van der Waals surface area contributed by atoms with Gasteiger partial charge < -0.3 is 0 Å². The third kappa shape index (κ3) is 2.17. The molecular weight excluding hydrogens is 248 g/mol. The van der Waals surface area contributed by atoms with Crippen LogP contribution in [0.15, 0.2) is 42.7 Å². The van der Waals surface area contributed by atoms with E-state index in [-0.39, 0.29) is 11.2 Å². The molecule has 1 aliphatic carbocycles. The molecular formula is C17H20N2O. The van der Waals surface area contributed by atoms with Gasteiger partial charge >= 0.3 is 0 Å². The first-order valence-corrected chi connectivity index (χ1v) is 7.31. The van der Waals surface area contributed by atoms with E-state index >= 15 is 0 Å². The molecule has 20 heavy (non-hydrogen) atoms. The smallest absolute Gasteiger partial charge is 0.176 e. The zero-order valence-electron chi connectivity index (χ0n) is 11.9. The Hall–Kier alpha value is -1.90. The number of aryl methyl sites for hydroxylation is 1. The van der Waals surface area contributed by atoms with Gasteiger partial charge in [-0.2, -0.15) is 5.10 Å². The van der Waals surface area contributed by atoms with Crippen LogP contribution in [0.3, 0.4) is 0 Å². The van der Waals surface area contributed by atoms with Gasteiger partial charge in [-0.1, -0.05) is 49.6 Å². The lowest BCUT2D eigenvalue weighted by Crippen LogP contribution is -2.38. The van der Waals surface area contributed by atoms with Crippen LogP contribution >= 0.6 is 0 Å². The fourth-order valence-corrected chi connectivity index (χ4v) is 3.37. The van der Waals surface area contributed by atoms with Crippen molar-refractivity contribution in [3.8, 4) is 0 Å². The molecule has 1 saturated carbocycles. The summed E-state index contributed by atoms with van der Waals surface area (Å²) in [5.74, 6) is 0.233. The van der Waals surface area contributed by atoms with Crippen LogP contribution in [0.2, 0.25) is 0 Å². The van der Waals surface area contributed by atoms with Crippen molar-refractivity contribution < 1.29 is 4.79 Å². The SMILES string of the molecule is Cn1cc(C(=O)C2(c3ccccc3)CCCCC2)cn1. The van der Waals surface area contributed by atoms with Crippen LogP contribution < -0.4 is 0 Å². The Morgan fingerprint density at radius 3 is 2.45 bits per heavy atom. The summed E-state index contributed by atoms with van der Waals surface area (Å²) in [5, 5.41) is 4.15. The molecule has 2 aromatic rings. The van der Waals surface area contributed by atoms with Crippen molar-refractivity contribution in [3.63, 3.8) is 0 Å². The van der Waals surface area contributed by atoms with Gasteiger partial charge in [0.25, 0.3) is 0 Å². The number of aromatic nitrogens is 2. The van der Waals surface area contributed by atoms with Crippen LogP contribution in [0, 0.1) is 0 Å². The molecule has 1 fully saturated rings. The van der Waals surface area contributed by atoms with E-state index in [0.29, 0.717) is 0 Å². The Morgan fingerprint density at radius 1 is 1.15 bits per heavy atom. The fourth-order valence-electron chi connectivity index (χ4n) is 3.37. The summed E-state index contributed by atoms with van der Waals surface area (Å²) in [6, 6.07) is 10.3. The first-order chi connectivity index (χ1) is 9.72. The van der Waals surface area contributed by atoms with Crippen molar-refractivity contribution in [3.05, 3.63) is 53.9 Å². The normalized spacial score (nSPS) is 17.9. The highest BCUT2D eigenvalue weighted by molar-refractivity contribution is 6.03. The third-order valence-corrected chi connectivity index (χ3v) is 4.44. The number of carbonyl (C=O) groups excluding carboxylic acids is 1. The first-order valence-electron chi connectivity index (χ1n) is 7.31. The number of hydrogen-bond acceptors (Lipinski definition) is 2. The van der Waals surface area contributed by atoms with E-state index in [9.17, 15) is 4.79 Å². The maximum Gasteiger partial charge on any atom is 0.176 e. The molecule has 0 bridgehead atoms. The number of ketones is 1. The molecule has 3 nitrogen and oxygen atoms in total. The van der Waals surface area contributed by atoms with Crippen molar-refractivity contribution >= 4 is 5.78 Å². The lowest BCUT2D eigenvalue weighted by molar-refractivity contribution is 0.0839. The molecule has 1 aromatic carbocycles. The molecule has 0 spiro atoms. The molecule has 0 amide bonds. The zero-order valence-corrected chi connectivity index (χ0v) is 11.9. The quantitative estimate of drug-likeness (QED) is 0.798. The maximum absolute atomic E-state index is 13.1. The average Bonchev–Trinajstić information content (AvgIpc) is 2.94. The second-order valence-corrected chi connectivity index (χ2v) is 5.74. The fraction of sp³-hybridized carbons (Fsp3) is 0.412. The van der Waals surface area contributed by atoms with E-state index in [1.165, 1.54) is 6.42 Å². The van der Waals surface area contributed by atoms with Crippen molar-refractivity contribution in [1.82, 2.24) is 9.78 Å². The van der Waals surface area contributed by atoms with Crippen molar-refractivity contribution in [2.24, 2.45) is 7.05 Å². The van der Waals surface area contributed by atoms with Gasteiger partial charge in [-0.15, -0.1) is 0 Å². The lowest BCUT2D eigenvalue weighted by atomic mass is 9.65. The standard InChI is InChI=1S/C17H20N2O/c1-19-13-14(12-18-19)16(20)17(10-6-3-7-11-17)15-8-4-2-5-9-15/h2,4-5,8-9,12-13H,3,6-7,10-11H2,1H3. The van der Waals surface area contributed by atoms with Gasteiger partial charge in [0.15, 0.2) is 5.78 Å². The second-order valence-electron chi connectivity index (χ2n) is 5.74. The van der Waals surface area contributed by atoms with E-state index in [1.54, 1.807) is 10.9 Å². The predicted molar refractivity (Wildman–Crippen MR) is 78.7 cm³/mol. The van der Waals surface area contributed by atoms with E-state index in [0.717, 1.165) is 36.8 Å². The highest BCUT2D eigenvalue weighted by atomic mass is 16.1. The monoisotopic (exact) mass is 268 g/mol. The van der Waals surface area contributed by atoms with Crippen molar-refractivity contribution in [2.45, 2.75) is 37.5 Å². The molecule has 1 heterocycles. The molecule has 0 aliphatic heterocycles. The summed E-state index contributed by atoms with van der Waals surface area (Å²) in [7, 11) is 1.85. The molecule has 0 atom stereocenters. The summed E-state index contributed by atoms with van der Waals surface area (Å²) in [4.78, 5) is 13.1. The summed E-state index contributed by atoms with van der Waals surface area (Å²) in [5.41, 5.74) is 1.55. The van der Waals surface area contributed by atoms with Gasteiger partial charge in [-0.3, -0.25) is 9.48 Å². The summed E-state index contributed by atoms with van der Waals surface area (Å²) in [6.07, 6.45) is 8.91. The Bertz CT molecular complexity index is 594. The number of Topliss-reactive ketones (excluding diaryl/α,β-unsaturated/α-hetero) is 1. The van der Waals surface area contributed by atoms with Gasteiger partial charge in [0, 0.05) is 13.2 Å². The molecule has 0 unspecified atom stereocenters. The number of nitrogens with zero attached hydrogens (tertiary/aromatic N) is 2. The van der Waals surface area contributed by atoms with Crippen LogP contribution in [0.5, 0.6) is 0 Å². The summed E-state index contributed by atoms with van der Waals surface area (Å²) in [6.45, 7) is 0. The van der Waals surface area contributed by atoms with Gasteiger partial charge in [-0.05, 0) is 18.4 Å². The predicted octanol–water partition coefficient (Wildman–Crippen LogP) is 3.50. The highest BCUT2D eigenvalue weighted by Gasteiger charge is 2.41. The number of carbonyl (C=O) groups is 1. The third-order valence-electron chi connectivity index (χ3n) is 4.44. The molecule has 104 valence electrons. The van der Waals surface area contributed by atoms with Crippen molar-refractivity contribution in [1.29, 1.82) is 0 Å². The maximum atomic E-state index is 13.1. The molecule has 3 heteroatoms. The molecule has 1 aromatic heterocycles. The summed E-state index contributed by atoms with van der Waals surface area (Å²) >= 11 is 0. The Morgan fingerprint density at radius 2 is 1.85 bits per heavy atom.